The Balaban J connectivity index is 0.961. The molecule has 0 aliphatic rings. The summed E-state index contributed by atoms with van der Waals surface area (Å²) in [5, 5.41) is 9.52. The van der Waals surface area contributed by atoms with Gasteiger partial charge < -0.3 is 8.98 Å². The molecular weight excluding hydrogens is 837 g/mol. The van der Waals surface area contributed by atoms with Gasteiger partial charge in [-0.1, -0.05) is 170 Å². The number of fused-ring (bicyclic) bond motifs is 11. The lowest BCUT2D eigenvalue weighted by Crippen LogP contribution is -2.01. The molecule has 0 unspecified atom stereocenters. The van der Waals surface area contributed by atoms with Crippen molar-refractivity contribution < 1.29 is 4.42 Å². The molecule has 312 valence electrons. The first-order valence-corrected chi connectivity index (χ1v) is 23.3. The predicted molar refractivity (Wildman–Crippen MR) is 279 cm³/mol. The Morgan fingerprint density at radius 2 is 0.910 bits per heavy atom. The van der Waals surface area contributed by atoms with Gasteiger partial charge in [0.15, 0.2) is 17.5 Å². The molecule has 4 aromatic heterocycles. The Hall–Kier alpha value is -8.71. The van der Waals surface area contributed by atoms with Gasteiger partial charge in [-0.25, -0.2) is 15.0 Å². The van der Waals surface area contributed by atoms with Gasteiger partial charge in [0, 0.05) is 75.0 Å². The van der Waals surface area contributed by atoms with Crippen LogP contribution in [0.4, 0.5) is 0 Å². The molecule has 0 spiro atoms. The first-order chi connectivity index (χ1) is 33.2. The molecule has 0 saturated heterocycles. The number of thiophene rings is 1. The van der Waals surface area contributed by atoms with Crippen LogP contribution in [0.5, 0.6) is 0 Å². The lowest BCUT2D eigenvalue weighted by Gasteiger charge is -2.15. The minimum atomic E-state index is 0.577. The maximum atomic E-state index is 6.32. The lowest BCUT2D eigenvalue weighted by atomic mass is 9.97. The maximum Gasteiger partial charge on any atom is 0.164 e. The molecular formula is C61H36N4OS. The minimum Gasteiger partial charge on any atom is -0.456 e. The first-order valence-electron chi connectivity index (χ1n) is 22.5. The third-order valence-corrected chi connectivity index (χ3v) is 14.4. The molecule has 0 radical (unpaired) electrons. The van der Waals surface area contributed by atoms with Crippen LogP contribution in [0.15, 0.2) is 223 Å². The van der Waals surface area contributed by atoms with Gasteiger partial charge in [0.1, 0.15) is 11.2 Å². The summed E-state index contributed by atoms with van der Waals surface area (Å²) < 4.78 is 11.4. The van der Waals surface area contributed by atoms with E-state index in [-0.39, 0.29) is 0 Å². The second kappa shape index (κ2) is 14.9. The minimum absolute atomic E-state index is 0.577. The Kier molecular flexibility index (Phi) is 8.38. The molecule has 0 atom stereocenters. The summed E-state index contributed by atoms with van der Waals surface area (Å²) >= 11 is 1.86. The zero-order valence-corrected chi connectivity index (χ0v) is 36.7. The number of benzene rings is 10. The van der Waals surface area contributed by atoms with Gasteiger partial charge in [-0.2, -0.15) is 0 Å². The number of rotatable bonds is 6. The highest BCUT2D eigenvalue weighted by atomic mass is 32.1. The second-order valence-corrected chi connectivity index (χ2v) is 18.2. The van der Waals surface area contributed by atoms with Crippen molar-refractivity contribution in [1.82, 2.24) is 19.5 Å². The van der Waals surface area contributed by atoms with Crippen LogP contribution >= 0.6 is 11.3 Å². The molecule has 5 nitrogen and oxygen atoms in total. The average Bonchev–Trinajstić information content (AvgIpc) is 4.08. The molecule has 14 rings (SSSR count). The molecule has 10 aromatic carbocycles. The maximum absolute atomic E-state index is 6.32. The standard InChI is InChI=1S/C61H36N4OS/c1-2-14-38(15-3-1)59-62-60(64-61(63-59)43-29-30-48-47-21-6-8-25-53(47)66-54(48)35-43)42-18-11-19-44(34-42)65-57-45-20-5-4-13-37(45)27-32-52(57)51-24-12-23-46(58(51)65)41-17-10-16-39(33-41)40-28-31-50-49-22-7-9-26-55(49)67-56(50)36-40/h1-36H. The van der Waals surface area contributed by atoms with Crippen molar-refractivity contribution in [3.05, 3.63) is 218 Å². The predicted octanol–water partition coefficient (Wildman–Crippen LogP) is 16.7. The summed E-state index contributed by atoms with van der Waals surface area (Å²) in [6.45, 7) is 0. The second-order valence-electron chi connectivity index (χ2n) is 17.1. The molecule has 67 heavy (non-hydrogen) atoms. The van der Waals surface area contributed by atoms with Crippen molar-refractivity contribution in [2.45, 2.75) is 0 Å². The molecule has 14 aromatic rings. The monoisotopic (exact) mass is 872 g/mol. The molecule has 0 amide bonds. The summed E-state index contributed by atoms with van der Waals surface area (Å²) in [6.07, 6.45) is 0. The number of nitrogens with zero attached hydrogens (tertiary/aromatic N) is 4. The largest absolute Gasteiger partial charge is 0.456 e. The zero-order valence-electron chi connectivity index (χ0n) is 35.9. The highest BCUT2D eigenvalue weighted by Gasteiger charge is 2.21. The van der Waals surface area contributed by atoms with Gasteiger partial charge in [0.25, 0.3) is 0 Å². The number of aromatic nitrogens is 4. The van der Waals surface area contributed by atoms with Crippen molar-refractivity contribution in [3.8, 4) is 62.1 Å². The Bertz CT molecular complexity index is 4300. The van der Waals surface area contributed by atoms with E-state index < -0.39 is 0 Å². The highest BCUT2D eigenvalue weighted by molar-refractivity contribution is 7.25. The van der Waals surface area contributed by atoms with Crippen LogP contribution in [-0.2, 0) is 0 Å². The fraction of sp³-hybridized carbons (Fsp3) is 0. The molecule has 0 aliphatic heterocycles. The van der Waals surface area contributed by atoms with Crippen LogP contribution in [0.25, 0.3) is 137 Å². The highest BCUT2D eigenvalue weighted by Crippen LogP contribution is 2.43. The van der Waals surface area contributed by atoms with Gasteiger partial charge in [0.2, 0.25) is 0 Å². The molecule has 0 fully saturated rings. The van der Waals surface area contributed by atoms with Gasteiger partial charge in [-0.05, 0) is 70.6 Å². The van der Waals surface area contributed by atoms with Crippen molar-refractivity contribution in [3.63, 3.8) is 0 Å². The summed E-state index contributed by atoms with van der Waals surface area (Å²) in [7, 11) is 0. The van der Waals surface area contributed by atoms with E-state index in [0.717, 1.165) is 66.5 Å². The molecule has 0 saturated carbocycles. The fourth-order valence-electron chi connectivity index (χ4n) is 10.1. The Morgan fingerprint density at radius 3 is 1.81 bits per heavy atom. The summed E-state index contributed by atoms with van der Waals surface area (Å²) in [5.41, 5.74) is 12.3. The average molecular weight is 873 g/mol. The third kappa shape index (κ3) is 6.11. The lowest BCUT2D eigenvalue weighted by molar-refractivity contribution is 0.669. The summed E-state index contributed by atoms with van der Waals surface area (Å²) in [6, 6.07) is 77.7. The summed E-state index contributed by atoms with van der Waals surface area (Å²) in [4.78, 5) is 15.5. The number of hydrogen-bond donors (Lipinski definition) is 0. The van der Waals surface area contributed by atoms with E-state index in [4.69, 9.17) is 19.4 Å². The molecule has 4 heterocycles. The van der Waals surface area contributed by atoms with Gasteiger partial charge in [-0.15, -0.1) is 11.3 Å². The van der Waals surface area contributed by atoms with Crippen LogP contribution < -0.4 is 0 Å². The van der Waals surface area contributed by atoms with E-state index in [1.807, 2.05) is 65.9 Å². The van der Waals surface area contributed by atoms with Crippen molar-refractivity contribution in [2.24, 2.45) is 0 Å². The van der Waals surface area contributed by atoms with Crippen LogP contribution in [0.1, 0.15) is 0 Å². The Morgan fingerprint density at radius 1 is 0.328 bits per heavy atom. The molecule has 0 N–H and O–H groups in total. The first kappa shape index (κ1) is 37.6. The Labute approximate surface area is 388 Å². The van der Waals surface area contributed by atoms with E-state index in [1.54, 1.807) is 0 Å². The van der Waals surface area contributed by atoms with E-state index in [1.165, 1.54) is 52.8 Å². The topological polar surface area (TPSA) is 56.7 Å². The molecule has 0 aliphatic carbocycles. The van der Waals surface area contributed by atoms with Crippen LogP contribution in [0.2, 0.25) is 0 Å². The number of hydrogen-bond acceptors (Lipinski definition) is 5. The number of furan rings is 1. The van der Waals surface area contributed by atoms with Gasteiger partial charge >= 0.3 is 0 Å². The zero-order chi connectivity index (χ0) is 44.0. The van der Waals surface area contributed by atoms with Crippen molar-refractivity contribution in [1.29, 1.82) is 0 Å². The molecule has 0 bridgehead atoms. The number of para-hydroxylation sites is 2. The normalized spacial score (nSPS) is 11.9. The van der Waals surface area contributed by atoms with Gasteiger partial charge in [0.05, 0.1) is 11.0 Å². The van der Waals surface area contributed by atoms with Crippen LogP contribution in [0.3, 0.4) is 0 Å². The van der Waals surface area contributed by atoms with Crippen molar-refractivity contribution >= 4 is 86.0 Å². The van der Waals surface area contributed by atoms with Crippen LogP contribution in [0, 0.1) is 0 Å². The quantitative estimate of drug-likeness (QED) is 0.167. The van der Waals surface area contributed by atoms with E-state index in [9.17, 15) is 0 Å². The molecule has 6 heteroatoms. The van der Waals surface area contributed by atoms with Crippen molar-refractivity contribution in [2.75, 3.05) is 0 Å². The fourth-order valence-corrected chi connectivity index (χ4v) is 11.2. The third-order valence-electron chi connectivity index (χ3n) is 13.2. The van der Waals surface area contributed by atoms with E-state index in [0.29, 0.717) is 17.5 Å². The van der Waals surface area contributed by atoms with Crippen LogP contribution in [-0.4, -0.2) is 19.5 Å². The van der Waals surface area contributed by atoms with E-state index in [2.05, 4.69) is 168 Å². The van der Waals surface area contributed by atoms with E-state index >= 15 is 0 Å². The SMILES string of the molecule is c1ccc(-c2nc(-c3cccc(-n4c5c(-c6cccc(-c7ccc8c(c7)sc7ccccc78)c6)cccc5c5ccc6ccccc6c54)c3)nc(-c3ccc4c(c3)oc3ccccc34)n2)cc1. The van der Waals surface area contributed by atoms with Gasteiger partial charge in [-0.3, -0.25) is 0 Å². The summed E-state index contributed by atoms with van der Waals surface area (Å²) in [5.74, 6) is 1.77. The smallest absolute Gasteiger partial charge is 0.164 e.